The van der Waals surface area contributed by atoms with Crippen molar-refractivity contribution in [3.63, 3.8) is 0 Å². The molecule has 0 aliphatic heterocycles. The lowest BCUT2D eigenvalue weighted by atomic mass is 9.96. The number of hydrogen-bond donors (Lipinski definition) is 1. The smallest absolute Gasteiger partial charge is 0.259 e. The van der Waals surface area contributed by atoms with E-state index in [1.165, 1.54) is 6.42 Å². The average molecular weight is 289 g/mol. The Labute approximate surface area is 122 Å². The van der Waals surface area contributed by atoms with Crippen molar-refractivity contribution in [1.82, 2.24) is 20.3 Å². The zero-order valence-corrected chi connectivity index (χ0v) is 12.2. The quantitative estimate of drug-likeness (QED) is 0.894. The highest BCUT2D eigenvalue weighted by Crippen LogP contribution is 2.24. The summed E-state index contributed by atoms with van der Waals surface area (Å²) < 4.78 is 11.0. The van der Waals surface area contributed by atoms with Crippen molar-refractivity contribution in [3.05, 3.63) is 23.3 Å². The van der Waals surface area contributed by atoms with Crippen LogP contribution in [0.3, 0.4) is 0 Å². The van der Waals surface area contributed by atoms with Crippen molar-refractivity contribution < 1.29 is 9.26 Å². The summed E-state index contributed by atoms with van der Waals surface area (Å²) in [6.07, 6.45) is 3.81. The van der Waals surface area contributed by atoms with Crippen LogP contribution in [0.2, 0.25) is 0 Å². The van der Waals surface area contributed by atoms with Crippen LogP contribution in [-0.2, 0) is 4.74 Å². The van der Waals surface area contributed by atoms with E-state index in [1.54, 1.807) is 0 Å². The Kier molecular flexibility index (Phi) is 3.94. The molecular formula is C14H19N5O2. The lowest BCUT2D eigenvalue weighted by Crippen LogP contribution is -2.27. The first-order chi connectivity index (χ1) is 10.1. The van der Waals surface area contributed by atoms with Crippen molar-refractivity contribution in [1.29, 1.82) is 0 Å². The first-order valence-corrected chi connectivity index (χ1v) is 7.15. The van der Waals surface area contributed by atoms with Gasteiger partial charge in [-0.05, 0) is 39.2 Å². The van der Waals surface area contributed by atoms with Gasteiger partial charge >= 0.3 is 0 Å². The van der Waals surface area contributed by atoms with E-state index in [0.29, 0.717) is 24.4 Å². The highest BCUT2D eigenvalue weighted by molar-refractivity contribution is 5.55. The van der Waals surface area contributed by atoms with Crippen LogP contribution in [0.4, 0.5) is 0 Å². The fraction of sp³-hybridized carbons (Fsp3) is 0.571. The molecular weight excluding hydrogens is 270 g/mol. The summed E-state index contributed by atoms with van der Waals surface area (Å²) in [4.78, 5) is 4.35. The van der Waals surface area contributed by atoms with Crippen LogP contribution >= 0.6 is 0 Å². The van der Waals surface area contributed by atoms with Gasteiger partial charge in [-0.15, -0.1) is 0 Å². The van der Waals surface area contributed by atoms with E-state index < -0.39 is 0 Å². The highest BCUT2D eigenvalue weighted by Gasteiger charge is 2.22. The van der Waals surface area contributed by atoms with Crippen LogP contribution in [0.5, 0.6) is 0 Å². The third-order valence-electron chi connectivity index (χ3n) is 3.67. The topological polar surface area (TPSA) is 100.0 Å². The van der Waals surface area contributed by atoms with Crippen LogP contribution in [-0.4, -0.2) is 33.0 Å². The molecule has 0 radical (unpaired) electrons. The molecule has 0 amide bonds. The summed E-state index contributed by atoms with van der Waals surface area (Å²) in [6.45, 7) is 4.13. The maximum absolute atomic E-state index is 6.04. The monoisotopic (exact) mass is 289 g/mol. The summed E-state index contributed by atoms with van der Waals surface area (Å²) >= 11 is 0. The van der Waals surface area contributed by atoms with Gasteiger partial charge in [0.1, 0.15) is 0 Å². The first kappa shape index (κ1) is 14.1. The van der Waals surface area contributed by atoms with Crippen LogP contribution in [0.25, 0.3) is 11.5 Å². The SMILES string of the molecule is Cc1cc(-c2nc(C(N)COC3CCC3)no2)c(C)nn1. The number of hydrogen-bond acceptors (Lipinski definition) is 7. The molecule has 1 fully saturated rings. The molecule has 0 bridgehead atoms. The van der Waals surface area contributed by atoms with Crippen molar-refractivity contribution >= 4 is 0 Å². The average Bonchev–Trinajstić information content (AvgIpc) is 2.89. The van der Waals surface area contributed by atoms with E-state index >= 15 is 0 Å². The molecule has 1 atom stereocenters. The van der Waals surface area contributed by atoms with Gasteiger partial charge in [-0.25, -0.2) is 0 Å². The van der Waals surface area contributed by atoms with Crippen molar-refractivity contribution in [2.24, 2.45) is 5.73 Å². The minimum absolute atomic E-state index is 0.344. The van der Waals surface area contributed by atoms with Gasteiger partial charge in [-0.2, -0.15) is 15.2 Å². The summed E-state index contributed by atoms with van der Waals surface area (Å²) in [5, 5.41) is 12.0. The van der Waals surface area contributed by atoms with Crippen LogP contribution in [0.15, 0.2) is 10.6 Å². The lowest BCUT2D eigenvalue weighted by Gasteiger charge is -2.26. The van der Waals surface area contributed by atoms with Crippen molar-refractivity contribution in [3.8, 4) is 11.5 Å². The predicted molar refractivity (Wildman–Crippen MR) is 75.3 cm³/mol. The molecule has 1 aliphatic carbocycles. The van der Waals surface area contributed by atoms with Crippen LogP contribution in [0, 0.1) is 13.8 Å². The maximum Gasteiger partial charge on any atom is 0.259 e. The molecule has 1 aliphatic rings. The number of nitrogens with two attached hydrogens (primary N) is 1. The fourth-order valence-corrected chi connectivity index (χ4v) is 2.11. The first-order valence-electron chi connectivity index (χ1n) is 7.15. The number of rotatable bonds is 5. The number of aryl methyl sites for hydroxylation is 2. The molecule has 0 spiro atoms. The normalized spacial score (nSPS) is 16.7. The summed E-state index contributed by atoms with van der Waals surface area (Å²) in [6, 6.07) is 1.50. The number of aromatic nitrogens is 4. The van der Waals surface area contributed by atoms with E-state index in [4.69, 9.17) is 15.0 Å². The molecule has 21 heavy (non-hydrogen) atoms. The number of ether oxygens (including phenoxy) is 1. The summed E-state index contributed by atoms with van der Waals surface area (Å²) in [5.74, 6) is 0.873. The van der Waals surface area contributed by atoms with Crippen molar-refractivity contribution in [2.45, 2.75) is 45.3 Å². The van der Waals surface area contributed by atoms with Gasteiger partial charge in [-0.1, -0.05) is 5.16 Å². The Balaban J connectivity index is 1.71. The molecule has 1 saturated carbocycles. The molecule has 0 aromatic carbocycles. The third-order valence-corrected chi connectivity index (χ3v) is 3.67. The zero-order chi connectivity index (χ0) is 14.8. The van der Waals surface area contributed by atoms with Gasteiger partial charge in [-0.3, -0.25) is 0 Å². The Morgan fingerprint density at radius 3 is 2.90 bits per heavy atom. The minimum atomic E-state index is -0.376. The van der Waals surface area contributed by atoms with E-state index in [9.17, 15) is 0 Å². The molecule has 2 heterocycles. The zero-order valence-electron chi connectivity index (χ0n) is 12.2. The molecule has 2 aromatic heterocycles. The maximum atomic E-state index is 6.04. The van der Waals surface area contributed by atoms with Crippen molar-refractivity contribution in [2.75, 3.05) is 6.61 Å². The highest BCUT2D eigenvalue weighted by atomic mass is 16.5. The Hall–Kier alpha value is -1.86. The van der Waals surface area contributed by atoms with E-state index in [1.807, 2.05) is 19.9 Å². The second-order valence-electron chi connectivity index (χ2n) is 5.44. The Morgan fingerprint density at radius 2 is 2.19 bits per heavy atom. The Morgan fingerprint density at radius 1 is 1.38 bits per heavy atom. The van der Waals surface area contributed by atoms with Gasteiger partial charge in [0.15, 0.2) is 5.82 Å². The third kappa shape index (κ3) is 3.08. The summed E-state index contributed by atoms with van der Waals surface area (Å²) in [7, 11) is 0. The molecule has 1 unspecified atom stereocenters. The van der Waals surface area contributed by atoms with Gasteiger partial charge in [0.2, 0.25) is 0 Å². The molecule has 7 heteroatoms. The Bertz CT molecular complexity index is 624. The van der Waals surface area contributed by atoms with Crippen LogP contribution < -0.4 is 5.73 Å². The lowest BCUT2D eigenvalue weighted by molar-refractivity contribution is -0.00549. The van der Waals surface area contributed by atoms with Gasteiger partial charge in [0.05, 0.1) is 35.7 Å². The second kappa shape index (κ2) is 5.87. The van der Waals surface area contributed by atoms with Gasteiger partial charge in [0, 0.05) is 0 Å². The largest absolute Gasteiger partial charge is 0.376 e. The standard InChI is InChI=1S/C14H19N5O2/c1-8-6-11(9(2)18-17-8)14-16-13(19-21-14)12(15)7-20-10-4-3-5-10/h6,10,12H,3-5,7,15H2,1-2H3. The molecule has 112 valence electrons. The molecule has 7 nitrogen and oxygen atoms in total. The van der Waals surface area contributed by atoms with Crippen LogP contribution in [0.1, 0.15) is 42.5 Å². The molecule has 3 rings (SSSR count). The summed E-state index contributed by atoms with van der Waals surface area (Å²) in [5.41, 5.74) is 8.37. The number of nitrogens with zero attached hydrogens (tertiary/aromatic N) is 4. The van der Waals surface area contributed by atoms with E-state index in [0.717, 1.165) is 29.8 Å². The minimum Gasteiger partial charge on any atom is -0.376 e. The van der Waals surface area contributed by atoms with Gasteiger partial charge < -0.3 is 15.0 Å². The van der Waals surface area contributed by atoms with Gasteiger partial charge in [0.25, 0.3) is 5.89 Å². The van der Waals surface area contributed by atoms with E-state index in [2.05, 4.69) is 20.3 Å². The molecule has 0 saturated heterocycles. The molecule has 2 aromatic rings. The predicted octanol–water partition coefficient (Wildman–Crippen LogP) is 1.71. The second-order valence-corrected chi connectivity index (χ2v) is 5.44. The van der Waals surface area contributed by atoms with E-state index in [-0.39, 0.29) is 6.04 Å². The molecule has 2 N–H and O–H groups in total. The fourth-order valence-electron chi connectivity index (χ4n) is 2.11.